The van der Waals surface area contributed by atoms with E-state index in [2.05, 4.69) is 0 Å². The van der Waals surface area contributed by atoms with Gasteiger partial charge in [0, 0.05) is 31.6 Å². The van der Waals surface area contributed by atoms with Gasteiger partial charge in [0.05, 0.1) is 6.04 Å². The molecule has 4 nitrogen and oxygen atoms in total. The molecule has 0 saturated carbocycles. The quantitative estimate of drug-likeness (QED) is 0.871. The minimum Gasteiger partial charge on any atom is -0.334 e. The molecule has 1 heterocycles. The third kappa shape index (κ3) is 3.32. The molecule has 124 valence electrons. The maximum absolute atomic E-state index is 12.7. The number of carbonyl (C=O) groups is 2. The summed E-state index contributed by atoms with van der Waals surface area (Å²) in [4.78, 5) is 28.8. The Kier molecular flexibility index (Phi) is 4.94. The van der Waals surface area contributed by atoms with Gasteiger partial charge in [-0.1, -0.05) is 55.5 Å². The van der Waals surface area contributed by atoms with E-state index in [1.165, 1.54) is 0 Å². The lowest BCUT2D eigenvalue weighted by Crippen LogP contribution is -2.52. The van der Waals surface area contributed by atoms with Gasteiger partial charge in [-0.05, 0) is 17.7 Å². The summed E-state index contributed by atoms with van der Waals surface area (Å²) in [6.07, 6.45) is 0.482. The van der Waals surface area contributed by atoms with Gasteiger partial charge in [0.25, 0.3) is 5.91 Å². The number of benzene rings is 2. The zero-order chi connectivity index (χ0) is 16.9. The molecular formula is C20H22N2O2. The van der Waals surface area contributed by atoms with Crippen LogP contribution in [0.5, 0.6) is 0 Å². The van der Waals surface area contributed by atoms with E-state index >= 15 is 0 Å². The molecule has 0 N–H and O–H groups in total. The summed E-state index contributed by atoms with van der Waals surface area (Å²) in [5.74, 6) is 0.163. The fourth-order valence-electron chi connectivity index (χ4n) is 3.19. The second-order valence-electron chi connectivity index (χ2n) is 5.98. The molecule has 1 aliphatic rings. The lowest BCUT2D eigenvalue weighted by atomic mass is 10.0. The monoisotopic (exact) mass is 322 g/mol. The van der Waals surface area contributed by atoms with Crippen molar-refractivity contribution < 1.29 is 9.59 Å². The Hall–Kier alpha value is -2.62. The highest BCUT2D eigenvalue weighted by molar-refractivity contribution is 5.94. The number of amides is 2. The zero-order valence-electron chi connectivity index (χ0n) is 13.9. The van der Waals surface area contributed by atoms with Crippen LogP contribution in [-0.2, 0) is 4.79 Å². The second-order valence-corrected chi connectivity index (χ2v) is 5.98. The maximum Gasteiger partial charge on any atom is 0.253 e. The molecule has 0 spiro atoms. The summed E-state index contributed by atoms with van der Waals surface area (Å²) in [7, 11) is 0. The molecule has 4 heteroatoms. The van der Waals surface area contributed by atoms with Crippen LogP contribution < -0.4 is 0 Å². The normalized spacial score (nSPS) is 17.6. The van der Waals surface area contributed by atoms with Crippen LogP contribution in [0, 0.1) is 0 Å². The van der Waals surface area contributed by atoms with Crippen molar-refractivity contribution in [2.75, 3.05) is 19.6 Å². The number of carbonyl (C=O) groups excluding carboxylic acids is 2. The molecule has 1 saturated heterocycles. The maximum atomic E-state index is 12.7. The standard InChI is InChI=1S/C20H22N2O2/c1-2-19(23)22-14-13-21(20(24)17-11-7-4-8-12-17)15-18(22)16-9-5-3-6-10-16/h3-12,18H,2,13-15H2,1H3/t18-/m0/s1. The van der Waals surface area contributed by atoms with E-state index in [0.29, 0.717) is 31.6 Å². The van der Waals surface area contributed by atoms with Crippen LogP contribution >= 0.6 is 0 Å². The predicted molar refractivity (Wildman–Crippen MR) is 93.5 cm³/mol. The summed E-state index contributed by atoms with van der Waals surface area (Å²) in [5, 5.41) is 0. The van der Waals surface area contributed by atoms with Crippen molar-refractivity contribution in [2.24, 2.45) is 0 Å². The summed E-state index contributed by atoms with van der Waals surface area (Å²) in [6.45, 7) is 3.56. The molecule has 1 atom stereocenters. The van der Waals surface area contributed by atoms with Crippen LogP contribution in [0.15, 0.2) is 60.7 Å². The van der Waals surface area contributed by atoms with E-state index in [-0.39, 0.29) is 17.9 Å². The molecular weight excluding hydrogens is 300 g/mol. The Bertz CT molecular complexity index is 700. The number of nitrogens with zero attached hydrogens (tertiary/aromatic N) is 2. The average Bonchev–Trinajstić information content (AvgIpc) is 2.67. The van der Waals surface area contributed by atoms with E-state index < -0.39 is 0 Å². The molecule has 1 fully saturated rings. The Morgan fingerprint density at radius 3 is 2.21 bits per heavy atom. The van der Waals surface area contributed by atoms with Crippen LogP contribution in [-0.4, -0.2) is 41.2 Å². The summed E-state index contributed by atoms with van der Waals surface area (Å²) in [5.41, 5.74) is 1.77. The first kappa shape index (κ1) is 16.2. The molecule has 0 radical (unpaired) electrons. The third-order valence-corrected chi connectivity index (χ3v) is 4.50. The average molecular weight is 322 g/mol. The first-order valence-corrected chi connectivity index (χ1v) is 8.39. The first-order chi connectivity index (χ1) is 11.7. The summed E-state index contributed by atoms with van der Waals surface area (Å²) in [6, 6.07) is 19.2. The van der Waals surface area contributed by atoms with E-state index in [4.69, 9.17) is 0 Å². The highest BCUT2D eigenvalue weighted by Crippen LogP contribution is 2.27. The second kappa shape index (κ2) is 7.30. The van der Waals surface area contributed by atoms with Crippen molar-refractivity contribution in [3.63, 3.8) is 0 Å². The van der Waals surface area contributed by atoms with E-state index in [1.54, 1.807) is 0 Å². The van der Waals surface area contributed by atoms with Gasteiger partial charge in [-0.15, -0.1) is 0 Å². The Morgan fingerprint density at radius 1 is 0.958 bits per heavy atom. The van der Waals surface area contributed by atoms with Crippen molar-refractivity contribution in [2.45, 2.75) is 19.4 Å². The van der Waals surface area contributed by atoms with Gasteiger partial charge >= 0.3 is 0 Å². The van der Waals surface area contributed by atoms with Gasteiger partial charge in [0.1, 0.15) is 0 Å². The predicted octanol–water partition coefficient (Wildman–Crippen LogP) is 3.12. The Balaban J connectivity index is 1.84. The zero-order valence-corrected chi connectivity index (χ0v) is 13.9. The molecule has 1 aliphatic heterocycles. The Labute approximate surface area is 142 Å². The van der Waals surface area contributed by atoms with Crippen LogP contribution in [0.2, 0.25) is 0 Å². The van der Waals surface area contributed by atoms with Gasteiger partial charge in [-0.25, -0.2) is 0 Å². The van der Waals surface area contributed by atoms with Gasteiger partial charge < -0.3 is 9.80 Å². The van der Waals surface area contributed by atoms with Crippen molar-refractivity contribution in [1.29, 1.82) is 0 Å². The molecule has 0 aliphatic carbocycles. The molecule has 3 rings (SSSR count). The summed E-state index contributed by atoms with van der Waals surface area (Å²) >= 11 is 0. The number of piperazine rings is 1. The van der Waals surface area contributed by atoms with Gasteiger partial charge in [0.2, 0.25) is 5.91 Å². The van der Waals surface area contributed by atoms with E-state index in [0.717, 1.165) is 5.56 Å². The van der Waals surface area contributed by atoms with Crippen molar-refractivity contribution in [3.8, 4) is 0 Å². The van der Waals surface area contributed by atoms with E-state index in [9.17, 15) is 9.59 Å². The summed E-state index contributed by atoms with van der Waals surface area (Å²) < 4.78 is 0. The third-order valence-electron chi connectivity index (χ3n) is 4.50. The molecule has 0 aromatic heterocycles. The highest BCUT2D eigenvalue weighted by atomic mass is 16.2. The number of hydrogen-bond acceptors (Lipinski definition) is 2. The van der Waals surface area contributed by atoms with Gasteiger partial charge in [-0.3, -0.25) is 9.59 Å². The topological polar surface area (TPSA) is 40.6 Å². The fourth-order valence-corrected chi connectivity index (χ4v) is 3.19. The molecule has 2 aromatic rings. The first-order valence-electron chi connectivity index (χ1n) is 8.39. The molecule has 2 amide bonds. The van der Waals surface area contributed by atoms with Crippen LogP contribution in [0.1, 0.15) is 35.3 Å². The van der Waals surface area contributed by atoms with Crippen molar-refractivity contribution >= 4 is 11.8 Å². The minimum atomic E-state index is -0.0833. The van der Waals surface area contributed by atoms with Gasteiger partial charge in [0.15, 0.2) is 0 Å². The molecule has 0 bridgehead atoms. The lowest BCUT2D eigenvalue weighted by molar-refractivity contribution is -0.135. The van der Waals surface area contributed by atoms with Crippen LogP contribution in [0.4, 0.5) is 0 Å². The minimum absolute atomic E-state index is 0.0279. The smallest absolute Gasteiger partial charge is 0.253 e. The fraction of sp³-hybridized carbons (Fsp3) is 0.300. The largest absolute Gasteiger partial charge is 0.334 e. The number of hydrogen-bond donors (Lipinski definition) is 0. The SMILES string of the molecule is CCC(=O)N1CCN(C(=O)c2ccccc2)C[C@H]1c1ccccc1. The Morgan fingerprint density at radius 2 is 1.58 bits per heavy atom. The lowest BCUT2D eigenvalue weighted by Gasteiger charge is -2.41. The van der Waals surface area contributed by atoms with E-state index in [1.807, 2.05) is 77.4 Å². The highest BCUT2D eigenvalue weighted by Gasteiger charge is 2.32. The molecule has 24 heavy (non-hydrogen) atoms. The molecule has 0 unspecified atom stereocenters. The van der Waals surface area contributed by atoms with Crippen molar-refractivity contribution in [3.05, 3.63) is 71.8 Å². The van der Waals surface area contributed by atoms with Crippen LogP contribution in [0.25, 0.3) is 0 Å². The van der Waals surface area contributed by atoms with Crippen LogP contribution in [0.3, 0.4) is 0 Å². The van der Waals surface area contributed by atoms with Crippen molar-refractivity contribution in [1.82, 2.24) is 9.80 Å². The number of rotatable bonds is 3. The van der Waals surface area contributed by atoms with Gasteiger partial charge in [-0.2, -0.15) is 0 Å². The molecule has 2 aromatic carbocycles.